The zero-order valence-electron chi connectivity index (χ0n) is 18.8. The maximum absolute atomic E-state index is 13.8. The van der Waals surface area contributed by atoms with Crippen LogP contribution in [-0.2, 0) is 24.4 Å². The molecule has 10 nitrogen and oxygen atoms in total. The molecule has 0 bridgehead atoms. The number of carbonyl (C=O) groups excluding carboxylic acids is 2. The lowest BCUT2D eigenvalue weighted by Gasteiger charge is -2.22. The van der Waals surface area contributed by atoms with Gasteiger partial charge in [-0.05, 0) is 38.3 Å². The molecule has 2 amide bonds. The number of hydrogen-bond acceptors (Lipinski definition) is 6. The molecule has 5 N–H and O–H groups in total. The minimum atomic E-state index is -5.56. The van der Waals surface area contributed by atoms with Gasteiger partial charge in [-0.2, -0.15) is 4.72 Å². The Morgan fingerprint density at radius 1 is 0.889 bits per heavy atom. The number of aliphatic carboxylic acids is 1. The number of piperidine rings is 1. The molecule has 1 aliphatic rings. The van der Waals surface area contributed by atoms with Gasteiger partial charge in [0, 0.05) is 25.9 Å². The normalized spacial score (nSPS) is 15.4. The van der Waals surface area contributed by atoms with Crippen LogP contribution >= 0.6 is 0 Å². The molecule has 1 aromatic carbocycles. The van der Waals surface area contributed by atoms with Gasteiger partial charge in [-0.15, -0.1) is 0 Å². The maximum atomic E-state index is 13.8. The van der Waals surface area contributed by atoms with E-state index in [0.29, 0.717) is 12.3 Å². The Labute approximate surface area is 203 Å². The Hall–Kier alpha value is -2.85. The maximum Gasteiger partial charge on any atom is 0.323 e. The highest BCUT2D eigenvalue weighted by molar-refractivity contribution is 7.89. The summed E-state index contributed by atoms with van der Waals surface area (Å²) < 4.78 is 93.2. The highest BCUT2D eigenvalue weighted by Gasteiger charge is 2.36. The third-order valence-electron chi connectivity index (χ3n) is 5.45. The quantitative estimate of drug-likeness (QED) is 0.146. The van der Waals surface area contributed by atoms with E-state index in [-0.39, 0.29) is 25.3 Å². The average Bonchev–Trinajstić information content (AvgIpc) is 2.83. The van der Waals surface area contributed by atoms with Crippen molar-refractivity contribution in [2.24, 2.45) is 5.92 Å². The highest BCUT2D eigenvalue weighted by Crippen LogP contribution is 2.26. The summed E-state index contributed by atoms with van der Waals surface area (Å²) in [5, 5.41) is 17.0. The van der Waals surface area contributed by atoms with Gasteiger partial charge in [0.25, 0.3) is 0 Å². The molecular weight excluding hydrogens is 519 g/mol. The second-order valence-corrected chi connectivity index (χ2v) is 9.70. The van der Waals surface area contributed by atoms with Crippen LogP contribution < -0.4 is 20.7 Å². The summed E-state index contributed by atoms with van der Waals surface area (Å²) in [5.41, 5.74) is 0. The van der Waals surface area contributed by atoms with Gasteiger partial charge >= 0.3 is 5.97 Å². The van der Waals surface area contributed by atoms with Gasteiger partial charge in [0.1, 0.15) is 6.04 Å². The fraction of sp³-hybridized carbons (Fsp3) is 0.550. The van der Waals surface area contributed by atoms with E-state index < -0.39 is 68.5 Å². The van der Waals surface area contributed by atoms with Crippen molar-refractivity contribution in [1.29, 1.82) is 0 Å². The second kappa shape index (κ2) is 12.9. The van der Waals surface area contributed by atoms with Crippen LogP contribution in [0, 0.1) is 35.0 Å². The molecule has 0 saturated carbocycles. The van der Waals surface area contributed by atoms with E-state index in [0.717, 1.165) is 25.9 Å². The van der Waals surface area contributed by atoms with Crippen LogP contribution in [0.5, 0.6) is 0 Å². The van der Waals surface area contributed by atoms with Gasteiger partial charge in [0.05, 0.1) is 0 Å². The molecule has 0 radical (unpaired) electrons. The summed E-state index contributed by atoms with van der Waals surface area (Å²) in [6, 6.07) is -2.21. The Morgan fingerprint density at radius 3 is 1.97 bits per heavy atom. The lowest BCUT2D eigenvalue weighted by atomic mass is 9.93. The standard InChI is InChI=1S/C20H25F5N4O6S/c21-14-15(22)17(24)19(18(25)16(14)23)36(34,35)29-11(20(32)33)9-28-13(31)5-8-27-12(30)2-1-10-3-6-26-7-4-10/h10-11,26,29H,1-9H2,(H,27,30)(H,28,31)(H,32,33)/t11-/m0/s1. The number of carboxylic acids is 1. The van der Waals surface area contributed by atoms with Gasteiger partial charge in [0.15, 0.2) is 28.2 Å². The minimum absolute atomic E-state index is 0.0924. The number of carboxylic acid groups (broad SMARTS) is 1. The number of hydrogen-bond donors (Lipinski definition) is 5. The average molecular weight is 544 g/mol. The van der Waals surface area contributed by atoms with Crippen molar-refractivity contribution in [3.63, 3.8) is 0 Å². The van der Waals surface area contributed by atoms with Crippen molar-refractivity contribution in [2.45, 2.75) is 43.0 Å². The molecule has 202 valence electrons. The molecule has 1 atom stereocenters. The number of rotatable bonds is 12. The fourth-order valence-corrected chi connectivity index (χ4v) is 4.79. The third-order valence-corrected chi connectivity index (χ3v) is 6.94. The van der Waals surface area contributed by atoms with Crippen LogP contribution in [0.25, 0.3) is 0 Å². The topological polar surface area (TPSA) is 154 Å². The van der Waals surface area contributed by atoms with Crippen LogP contribution in [-0.4, -0.2) is 63.5 Å². The van der Waals surface area contributed by atoms with Crippen LogP contribution in [0.3, 0.4) is 0 Å². The zero-order valence-corrected chi connectivity index (χ0v) is 19.6. The Bertz CT molecular complexity index is 1070. The molecule has 0 aliphatic carbocycles. The number of nitrogens with one attached hydrogen (secondary N) is 4. The van der Waals surface area contributed by atoms with E-state index >= 15 is 0 Å². The van der Waals surface area contributed by atoms with Crippen molar-refractivity contribution in [1.82, 2.24) is 20.7 Å². The van der Waals surface area contributed by atoms with E-state index in [1.54, 1.807) is 0 Å². The fourth-order valence-electron chi connectivity index (χ4n) is 3.46. The smallest absolute Gasteiger partial charge is 0.323 e. The number of sulfonamides is 1. The third kappa shape index (κ3) is 7.83. The van der Waals surface area contributed by atoms with Gasteiger partial charge in [-0.25, -0.2) is 30.4 Å². The summed E-state index contributed by atoms with van der Waals surface area (Å²) >= 11 is 0. The van der Waals surface area contributed by atoms with Crippen molar-refractivity contribution in [3.8, 4) is 0 Å². The van der Waals surface area contributed by atoms with Crippen molar-refractivity contribution in [2.75, 3.05) is 26.2 Å². The molecule has 2 rings (SSSR count). The molecule has 16 heteroatoms. The lowest BCUT2D eigenvalue weighted by Crippen LogP contribution is -2.49. The first-order valence-corrected chi connectivity index (χ1v) is 12.3. The van der Waals surface area contributed by atoms with Crippen LogP contribution in [0.1, 0.15) is 32.1 Å². The largest absolute Gasteiger partial charge is 0.480 e. The van der Waals surface area contributed by atoms with Crippen molar-refractivity contribution < 1.29 is 49.9 Å². The van der Waals surface area contributed by atoms with E-state index in [1.165, 1.54) is 4.72 Å². The summed E-state index contributed by atoms with van der Waals surface area (Å²) in [6.07, 6.45) is 2.61. The predicted molar refractivity (Wildman–Crippen MR) is 113 cm³/mol. The number of carbonyl (C=O) groups is 3. The molecule has 0 aromatic heterocycles. The predicted octanol–water partition coefficient (Wildman–Crippen LogP) is 0.516. The Kier molecular flexibility index (Phi) is 10.5. The molecule has 0 unspecified atom stereocenters. The first-order chi connectivity index (χ1) is 16.8. The van der Waals surface area contributed by atoms with E-state index in [2.05, 4.69) is 16.0 Å². The van der Waals surface area contributed by atoms with E-state index in [4.69, 9.17) is 5.11 Å². The number of halogens is 5. The van der Waals surface area contributed by atoms with Crippen molar-refractivity contribution >= 4 is 27.8 Å². The Balaban J connectivity index is 1.88. The molecule has 0 spiro atoms. The van der Waals surface area contributed by atoms with Crippen LogP contribution in [0.15, 0.2) is 4.90 Å². The van der Waals surface area contributed by atoms with Crippen LogP contribution in [0.2, 0.25) is 0 Å². The van der Waals surface area contributed by atoms with E-state index in [1.807, 2.05) is 0 Å². The summed E-state index contributed by atoms with van der Waals surface area (Å²) in [4.78, 5) is 32.9. The molecule has 1 heterocycles. The summed E-state index contributed by atoms with van der Waals surface area (Å²) in [6.45, 7) is 0.764. The zero-order chi connectivity index (χ0) is 27.0. The van der Waals surface area contributed by atoms with Gasteiger partial charge in [-0.3, -0.25) is 14.4 Å². The number of amides is 2. The SMILES string of the molecule is O=C(CCC1CCNCC1)NCCC(=O)NC[C@H](NS(=O)(=O)c1c(F)c(F)c(F)c(F)c1F)C(=O)O. The van der Waals surface area contributed by atoms with E-state index in [9.17, 15) is 44.8 Å². The van der Waals surface area contributed by atoms with Gasteiger partial charge in [0.2, 0.25) is 27.7 Å². The minimum Gasteiger partial charge on any atom is -0.480 e. The molecule has 1 saturated heterocycles. The second-order valence-electron chi connectivity index (χ2n) is 8.05. The molecule has 1 aliphatic heterocycles. The summed E-state index contributed by atoms with van der Waals surface area (Å²) in [5.74, 6) is -15.6. The molecule has 1 fully saturated rings. The highest BCUT2D eigenvalue weighted by atomic mass is 32.2. The Morgan fingerprint density at radius 2 is 1.42 bits per heavy atom. The molecule has 36 heavy (non-hydrogen) atoms. The van der Waals surface area contributed by atoms with Crippen molar-refractivity contribution in [3.05, 3.63) is 29.1 Å². The van der Waals surface area contributed by atoms with Gasteiger partial charge < -0.3 is 21.1 Å². The first kappa shape index (κ1) is 29.4. The monoisotopic (exact) mass is 544 g/mol. The first-order valence-electron chi connectivity index (χ1n) is 10.9. The molecule has 1 aromatic rings. The lowest BCUT2D eigenvalue weighted by molar-refractivity contribution is -0.139. The van der Waals surface area contributed by atoms with Crippen LogP contribution in [0.4, 0.5) is 22.0 Å². The summed E-state index contributed by atoms with van der Waals surface area (Å²) in [7, 11) is -5.56. The van der Waals surface area contributed by atoms with Gasteiger partial charge in [-0.1, -0.05) is 0 Å². The molecular formula is C20H25F5N4O6S. The number of benzene rings is 1.